The molecule has 8 nitrogen and oxygen atoms in total. The molecule has 1 aromatic carbocycles. The van der Waals surface area contributed by atoms with Crippen LogP contribution in [0.4, 0.5) is 0 Å². The lowest BCUT2D eigenvalue weighted by Crippen LogP contribution is -2.09. The Morgan fingerprint density at radius 3 is 2.32 bits per heavy atom. The third-order valence-corrected chi connectivity index (χ3v) is 5.96. The van der Waals surface area contributed by atoms with Gasteiger partial charge < -0.3 is 14.2 Å². The number of ether oxygens (including phenoxy) is 3. The molecule has 3 aromatic rings. The predicted molar refractivity (Wildman–Crippen MR) is 120 cm³/mol. The lowest BCUT2D eigenvalue weighted by Gasteiger charge is -2.14. The van der Waals surface area contributed by atoms with E-state index in [-0.39, 0.29) is 4.91 Å². The zero-order valence-electron chi connectivity index (χ0n) is 18.4. The summed E-state index contributed by atoms with van der Waals surface area (Å²) in [5.74, 6) is 1.30. The number of benzene rings is 1. The van der Waals surface area contributed by atoms with E-state index in [9.17, 15) is 8.42 Å². The Hall–Kier alpha value is -3.07. The van der Waals surface area contributed by atoms with Gasteiger partial charge in [-0.15, -0.1) is 0 Å². The molecule has 0 spiro atoms. The molecule has 3 rings (SSSR count). The SMILES string of the molecule is CCCCc1cc(/C(=C/c2cc(OC)c(OC)c(OC)c2)S(C)(=O)=O)n2nccc2n1. The number of nitrogens with zero attached hydrogens (tertiary/aromatic N) is 3. The summed E-state index contributed by atoms with van der Waals surface area (Å²) in [7, 11) is 0.922. The van der Waals surface area contributed by atoms with Crippen molar-refractivity contribution in [2.75, 3.05) is 27.6 Å². The summed E-state index contributed by atoms with van der Waals surface area (Å²) in [4.78, 5) is 4.73. The highest BCUT2D eigenvalue weighted by Crippen LogP contribution is 2.39. The Morgan fingerprint density at radius 2 is 1.77 bits per heavy atom. The van der Waals surface area contributed by atoms with Crippen molar-refractivity contribution in [1.29, 1.82) is 0 Å². The minimum Gasteiger partial charge on any atom is -0.493 e. The van der Waals surface area contributed by atoms with Gasteiger partial charge in [0.05, 0.1) is 38.1 Å². The number of aryl methyl sites for hydroxylation is 1. The predicted octanol–water partition coefficient (Wildman–Crippen LogP) is 3.64. The van der Waals surface area contributed by atoms with Crippen LogP contribution in [0.1, 0.15) is 36.7 Å². The molecule has 0 amide bonds. The fourth-order valence-corrected chi connectivity index (χ4v) is 4.21. The summed E-state index contributed by atoms with van der Waals surface area (Å²) in [6.07, 6.45) is 7.10. The van der Waals surface area contributed by atoms with Gasteiger partial charge in [-0.25, -0.2) is 17.9 Å². The maximum Gasteiger partial charge on any atom is 0.203 e. The number of hydrogen-bond acceptors (Lipinski definition) is 7. The van der Waals surface area contributed by atoms with E-state index in [1.54, 1.807) is 41.1 Å². The summed E-state index contributed by atoms with van der Waals surface area (Å²) >= 11 is 0. The van der Waals surface area contributed by atoms with Crippen molar-refractivity contribution in [3.8, 4) is 17.2 Å². The first kappa shape index (κ1) is 22.6. The van der Waals surface area contributed by atoms with Crippen molar-refractivity contribution in [3.05, 3.63) is 47.4 Å². The van der Waals surface area contributed by atoms with Crippen molar-refractivity contribution in [1.82, 2.24) is 14.6 Å². The van der Waals surface area contributed by atoms with Crippen LogP contribution in [-0.2, 0) is 16.3 Å². The number of rotatable bonds is 9. The van der Waals surface area contributed by atoms with Crippen molar-refractivity contribution in [3.63, 3.8) is 0 Å². The molecule has 9 heteroatoms. The molecule has 31 heavy (non-hydrogen) atoms. The number of sulfone groups is 1. The first-order valence-corrected chi connectivity index (χ1v) is 11.8. The normalized spacial score (nSPS) is 12.2. The van der Waals surface area contributed by atoms with Gasteiger partial charge in [-0.3, -0.25) is 0 Å². The van der Waals surface area contributed by atoms with Gasteiger partial charge in [0.15, 0.2) is 27.0 Å². The molecule has 0 aliphatic carbocycles. The minimum atomic E-state index is -3.62. The van der Waals surface area contributed by atoms with Gasteiger partial charge >= 0.3 is 0 Å². The molecule has 2 heterocycles. The molecule has 166 valence electrons. The summed E-state index contributed by atoms with van der Waals surface area (Å²) in [5.41, 5.74) is 2.46. The maximum atomic E-state index is 12.8. The monoisotopic (exact) mass is 445 g/mol. The first-order chi connectivity index (χ1) is 14.8. The van der Waals surface area contributed by atoms with Gasteiger partial charge in [0.1, 0.15) is 0 Å². The topological polar surface area (TPSA) is 92.0 Å². The van der Waals surface area contributed by atoms with Gasteiger partial charge in [-0.05, 0) is 42.7 Å². The molecule has 0 saturated carbocycles. The lowest BCUT2D eigenvalue weighted by atomic mass is 10.1. The van der Waals surface area contributed by atoms with Crippen LogP contribution in [0.3, 0.4) is 0 Å². The highest BCUT2D eigenvalue weighted by Gasteiger charge is 2.21. The highest BCUT2D eigenvalue weighted by molar-refractivity contribution is 8.00. The molecule has 0 atom stereocenters. The van der Waals surface area contributed by atoms with E-state index in [2.05, 4.69) is 17.0 Å². The van der Waals surface area contributed by atoms with Crippen molar-refractivity contribution < 1.29 is 22.6 Å². The van der Waals surface area contributed by atoms with Crippen molar-refractivity contribution >= 4 is 26.5 Å². The molecular weight excluding hydrogens is 418 g/mol. The first-order valence-electron chi connectivity index (χ1n) is 9.88. The van der Waals surface area contributed by atoms with Crippen LogP contribution < -0.4 is 14.2 Å². The van der Waals surface area contributed by atoms with Gasteiger partial charge in [0.2, 0.25) is 5.75 Å². The number of hydrogen-bond donors (Lipinski definition) is 0. The summed E-state index contributed by atoms with van der Waals surface area (Å²) < 4.78 is 43.4. The van der Waals surface area contributed by atoms with E-state index in [1.807, 2.05) is 0 Å². The van der Waals surface area contributed by atoms with Gasteiger partial charge in [-0.2, -0.15) is 5.10 Å². The van der Waals surface area contributed by atoms with Gasteiger partial charge in [-0.1, -0.05) is 13.3 Å². The van der Waals surface area contributed by atoms with Crippen LogP contribution >= 0.6 is 0 Å². The van der Waals surface area contributed by atoms with E-state index in [0.717, 1.165) is 25.0 Å². The lowest BCUT2D eigenvalue weighted by molar-refractivity contribution is 0.324. The minimum absolute atomic E-state index is 0.121. The molecule has 0 aliphatic rings. The number of methoxy groups -OCH3 is 3. The number of aromatic nitrogens is 3. The van der Waals surface area contributed by atoms with Crippen LogP contribution in [0.5, 0.6) is 17.2 Å². The van der Waals surface area contributed by atoms with Crippen LogP contribution in [0.25, 0.3) is 16.6 Å². The van der Waals surface area contributed by atoms with Gasteiger partial charge in [0, 0.05) is 18.0 Å². The van der Waals surface area contributed by atoms with Crippen LogP contribution in [-0.4, -0.2) is 50.6 Å². The summed E-state index contributed by atoms with van der Waals surface area (Å²) in [5, 5.41) is 4.29. The third-order valence-electron chi connectivity index (χ3n) is 4.84. The largest absolute Gasteiger partial charge is 0.493 e. The Labute approximate surface area is 182 Å². The summed E-state index contributed by atoms with van der Waals surface area (Å²) in [6, 6.07) is 6.96. The van der Waals surface area contributed by atoms with E-state index in [4.69, 9.17) is 14.2 Å². The smallest absolute Gasteiger partial charge is 0.203 e. The third kappa shape index (κ3) is 4.82. The number of fused-ring (bicyclic) bond motifs is 1. The second-order valence-electron chi connectivity index (χ2n) is 7.08. The molecule has 0 saturated heterocycles. The Balaban J connectivity index is 2.26. The van der Waals surface area contributed by atoms with E-state index in [1.165, 1.54) is 27.6 Å². The van der Waals surface area contributed by atoms with Crippen molar-refractivity contribution in [2.45, 2.75) is 26.2 Å². The Kier molecular flexibility index (Phi) is 6.84. The van der Waals surface area contributed by atoms with Crippen LogP contribution in [0.2, 0.25) is 0 Å². The molecular formula is C22H27N3O5S. The molecule has 0 N–H and O–H groups in total. The standard InChI is InChI=1S/C22H27N3O5S/c1-6-7-8-16-14-17(25-21(24-16)9-10-23-25)20(31(5,26)27)13-15-11-18(28-2)22(30-4)19(12-15)29-3/h9-14H,6-8H2,1-5H3/b20-13-. The van der Waals surface area contributed by atoms with Crippen LogP contribution in [0, 0.1) is 0 Å². The molecule has 0 radical (unpaired) electrons. The average molecular weight is 446 g/mol. The Morgan fingerprint density at radius 1 is 1.10 bits per heavy atom. The average Bonchev–Trinajstić information content (AvgIpc) is 3.22. The second kappa shape index (κ2) is 9.38. The van der Waals surface area contributed by atoms with Gasteiger partial charge in [0.25, 0.3) is 0 Å². The zero-order chi connectivity index (χ0) is 22.6. The fraction of sp³-hybridized carbons (Fsp3) is 0.364. The molecule has 0 fully saturated rings. The molecule has 0 aliphatic heterocycles. The molecule has 2 aromatic heterocycles. The fourth-order valence-electron chi connectivity index (χ4n) is 3.33. The highest BCUT2D eigenvalue weighted by atomic mass is 32.2. The van der Waals surface area contributed by atoms with Crippen LogP contribution in [0.15, 0.2) is 30.5 Å². The number of unbranched alkanes of at least 4 members (excludes halogenated alkanes) is 1. The van der Waals surface area contributed by atoms with E-state index < -0.39 is 9.84 Å². The Bertz CT molecular complexity index is 1190. The molecule has 0 unspecified atom stereocenters. The maximum absolute atomic E-state index is 12.8. The van der Waals surface area contributed by atoms with E-state index >= 15 is 0 Å². The van der Waals surface area contributed by atoms with E-state index in [0.29, 0.717) is 34.2 Å². The second-order valence-corrected chi connectivity index (χ2v) is 9.06. The zero-order valence-corrected chi connectivity index (χ0v) is 19.2. The summed E-state index contributed by atoms with van der Waals surface area (Å²) in [6.45, 7) is 2.10. The molecule has 0 bridgehead atoms. The quantitative estimate of drug-likeness (QED) is 0.496. The van der Waals surface area contributed by atoms with Crippen molar-refractivity contribution in [2.24, 2.45) is 0 Å².